The first-order valence-corrected chi connectivity index (χ1v) is 5.03. The molecular weight excluding hydrogens is 243 g/mol. The van der Waals surface area contributed by atoms with Crippen LogP contribution in [-0.2, 0) is 15.8 Å². The molecule has 0 N–H and O–H groups in total. The van der Waals surface area contributed by atoms with E-state index in [4.69, 9.17) is 4.74 Å². The van der Waals surface area contributed by atoms with Gasteiger partial charge in [0, 0.05) is 4.90 Å². The fourth-order valence-corrected chi connectivity index (χ4v) is 1.45. The molecule has 0 bridgehead atoms. The van der Waals surface area contributed by atoms with Crippen molar-refractivity contribution in [1.29, 1.82) is 0 Å². The quantitative estimate of drug-likeness (QED) is 0.344. The molecule has 1 unspecified atom stereocenters. The van der Waals surface area contributed by atoms with Gasteiger partial charge >= 0.3 is 35.5 Å². The van der Waals surface area contributed by atoms with Crippen LogP contribution >= 0.6 is 0 Å². The van der Waals surface area contributed by atoms with Crippen LogP contribution in [0.5, 0.6) is 5.75 Å². The van der Waals surface area contributed by atoms with Crippen molar-refractivity contribution in [2.24, 2.45) is 0 Å². The molecule has 1 aromatic rings. The van der Waals surface area contributed by atoms with Crippen molar-refractivity contribution < 1.29 is 52.6 Å². The molecule has 0 saturated heterocycles. The van der Waals surface area contributed by atoms with Crippen molar-refractivity contribution in [3.05, 3.63) is 23.8 Å². The summed E-state index contributed by atoms with van der Waals surface area (Å²) in [4.78, 5) is 11.3. The number of benzene rings is 1. The Labute approximate surface area is 118 Å². The first kappa shape index (κ1) is 15.6. The van der Waals surface area contributed by atoms with Crippen molar-refractivity contribution in [2.75, 3.05) is 14.2 Å². The predicted molar refractivity (Wildman–Crippen MR) is 51.5 cm³/mol. The number of carbonyl (C=O) groups is 1. The monoisotopic (exact) mass is 252 g/mol. The molecule has 1 atom stereocenters. The second-order valence-electron chi connectivity index (χ2n) is 2.59. The molecule has 0 aliphatic rings. The maximum atomic E-state index is 11.3. The van der Waals surface area contributed by atoms with Crippen LogP contribution < -0.4 is 34.3 Å². The van der Waals surface area contributed by atoms with Gasteiger partial charge in [-0.05, 0) is 29.3 Å². The molecule has 0 fully saturated rings. The van der Waals surface area contributed by atoms with Crippen molar-refractivity contribution in [1.82, 2.24) is 0 Å². The summed E-state index contributed by atoms with van der Waals surface area (Å²) < 4.78 is 30.7. The van der Waals surface area contributed by atoms with Crippen molar-refractivity contribution in [3.63, 3.8) is 0 Å². The summed E-state index contributed by atoms with van der Waals surface area (Å²) in [7, 11) is 2.60. The molecule has 0 aromatic heterocycles. The van der Waals surface area contributed by atoms with Gasteiger partial charge in [-0.15, -0.1) is 0 Å². The topological polar surface area (TPSA) is 75.7 Å². The Morgan fingerprint density at radius 2 is 2.00 bits per heavy atom. The molecule has 0 amide bonds. The third kappa shape index (κ3) is 3.57. The number of carbonyl (C=O) groups excluding carboxylic acids is 1. The van der Waals surface area contributed by atoms with Crippen molar-refractivity contribution in [3.8, 4) is 5.75 Å². The molecule has 0 heterocycles. The zero-order valence-corrected chi connectivity index (χ0v) is 12.0. The minimum absolute atomic E-state index is 0. The van der Waals surface area contributed by atoms with Gasteiger partial charge < -0.3 is 14.0 Å². The Hall–Kier alpha value is -0.400. The Morgan fingerprint density at radius 3 is 2.44 bits per heavy atom. The molecule has 1 rings (SSSR count). The van der Waals surface area contributed by atoms with E-state index in [9.17, 15) is 13.6 Å². The summed E-state index contributed by atoms with van der Waals surface area (Å²) in [6, 6.07) is 3.94. The van der Waals surface area contributed by atoms with E-state index in [-0.39, 0.29) is 45.8 Å². The number of hydrogen-bond donors (Lipinski definition) is 0. The second-order valence-corrected chi connectivity index (χ2v) is 3.53. The largest absolute Gasteiger partial charge is 1.00 e. The van der Waals surface area contributed by atoms with Crippen LogP contribution in [0.1, 0.15) is 10.4 Å². The van der Waals surface area contributed by atoms with Crippen LogP contribution in [0.25, 0.3) is 0 Å². The third-order valence-corrected chi connectivity index (χ3v) is 2.41. The summed E-state index contributed by atoms with van der Waals surface area (Å²) in [5.41, 5.74) is 0.0849. The Balaban J connectivity index is 0.00000225. The molecule has 16 heavy (non-hydrogen) atoms. The SMILES string of the molecule is COC(=O)c1cc(S(=O)[O-])ccc1OC.[Na+]. The molecule has 0 radical (unpaired) electrons. The van der Waals surface area contributed by atoms with Crippen LogP contribution in [0.4, 0.5) is 0 Å². The van der Waals surface area contributed by atoms with Gasteiger partial charge in [0.1, 0.15) is 11.3 Å². The van der Waals surface area contributed by atoms with Gasteiger partial charge in [-0.3, -0.25) is 4.21 Å². The predicted octanol–water partition coefficient (Wildman–Crippen LogP) is -2.28. The number of methoxy groups -OCH3 is 2. The van der Waals surface area contributed by atoms with Crippen LogP contribution in [0.15, 0.2) is 23.1 Å². The molecular formula is C9H9NaO5S. The summed E-state index contributed by atoms with van der Waals surface area (Å²) in [6.07, 6.45) is 0. The third-order valence-electron chi connectivity index (χ3n) is 1.77. The van der Waals surface area contributed by atoms with Crippen LogP contribution in [0, 0.1) is 0 Å². The Morgan fingerprint density at radius 1 is 1.38 bits per heavy atom. The van der Waals surface area contributed by atoms with Gasteiger partial charge in [0.25, 0.3) is 0 Å². The normalized spacial score (nSPS) is 11.2. The molecule has 1 aromatic carbocycles. The Bertz CT molecular complexity index is 407. The first-order valence-electron chi connectivity index (χ1n) is 3.95. The van der Waals surface area contributed by atoms with E-state index < -0.39 is 17.0 Å². The molecule has 0 saturated carbocycles. The second kappa shape index (κ2) is 7.03. The van der Waals surface area contributed by atoms with E-state index in [0.717, 1.165) is 0 Å². The summed E-state index contributed by atoms with van der Waals surface area (Å²) in [6.45, 7) is 0. The summed E-state index contributed by atoms with van der Waals surface area (Å²) >= 11 is -2.38. The maximum absolute atomic E-state index is 11.3. The number of esters is 1. The zero-order valence-electron chi connectivity index (χ0n) is 9.18. The van der Waals surface area contributed by atoms with Crippen LogP contribution in [-0.4, -0.2) is 29.0 Å². The van der Waals surface area contributed by atoms with E-state index >= 15 is 0 Å². The average molecular weight is 252 g/mol. The van der Waals surface area contributed by atoms with Gasteiger partial charge in [-0.25, -0.2) is 4.79 Å². The molecule has 0 spiro atoms. The zero-order chi connectivity index (χ0) is 11.4. The fraction of sp³-hybridized carbons (Fsp3) is 0.222. The first-order chi connectivity index (χ1) is 7.10. The molecule has 82 valence electrons. The molecule has 5 nitrogen and oxygen atoms in total. The van der Waals surface area contributed by atoms with Crippen molar-refractivity contribution in [2.45, 2.75) is 4.90 Å². The van der Waals surface area contributed by atoms with Gasteiger partial charge in [-0.1, -0.05) is 0 Å². The van der Waals surface area contributed by atoms with Crippen LogP contribution in [0.3, 0.4) is 0 Å². The number of ether oxygens (including phenoxy) is 2. The van der Waals surface area contributed by atoms with Crippen LogP contribution in [0.2, 0.25) is 0 Å². The minimum atomic E-state index is -2.38. The van der Waals surface area contributed by atoms with Gasteiger partial charge in [0.2, 0.25) is 0 Å². The standard InChI is InChI=1S/C9H10O5S.Na/c1-13-8-4-3-6(15(11)12)5-7(8)9(10)14-2;/h3-5H,1-2H3,(H,11,12);/q;+1/p-1. The Kier molecular flexibility index (Phi) is 6.85. The van der Waals surface area contributed by atoms with Gasteiger partial charge in [0.15, 0.2) is 0 Å². The maximum Gasteiger partial charge on any atom is 1.00 e. The van der Waals surface area contributed by atoms with Gasteiger partial charge in [-0.2, -0.15) is 0 Å². The van der Waals surface area contributed by atoms with E-state index in [1.54, 1.807) is 0 Å². The molecule has 0 aliphatic carbocycles. The molecule has 0 aliphatic heterocycles. The van der Waals surface area contributed by atoms with E-state index in [0.29, 0.717) is 0 Å². The average Bonchev–Trinajstić information content (AvgIpc) is 2.27. The molecule has 7 heteroatoms. The van der Waals surface area contributed by atoms with Crippen molar-refractivity contribution >= 4 is 17.0 Å². The summed E-state index contributed by atoms with van der Waals surface area (Å²) in [5.74, 6) is -0.366. The van der Waals surface area contributed by atoms with E-state index in [1.165, 1.54) is 32.4 Å². The fourth-order valence-electron chi connectivity index (χ4n) is 1.06. The van der Waals surface area contributed by atoms with E-state index in [2.05, 4.69) is 4.74 Å². The van der Waals surface area contributed by atoms with E-state index in [1.807, 2.05) is 0 Å². The smallest absolute Gasteiger partial charge is 0.768 e. The number of rotatable bonds is 3. The summed E-state index contributed by atoms with van der Waals surface area (Å²) in [5, 5.41) is 0. The minimum Gasteiger partial charge on any atom is -0.768 e. The number of hydrogen-bond acceptors (Lipinski definition) is 5. The van der Waals surface area contributed by atoms with Gasteiger partial charge in [0.05, 0.1) is 14.2 Å².